The van der Waals surface area contributed by atoms with Crippen molar-refractivity contribution < 1.29 is 8.42 Å². The lowest BCUT2D eigenvalue weighted by molar-refractivity contribution is 0.603. The van der Waals surface area contributed by atoms with Crippen molar-refractivity contribution in [3.63, 3.8) is 0 Å². The summed E-state index contributed by atoms with van der Waals surface area (Å²) in [6.45, 7) is 5.49. The second kappa shape index (κ2) is 6.34. The van der Waals surface area contributed by atoms with E-state index in [9.17, 15) is 8.42 Å². The molecular weight excluding hydrogens is 294 g/mol. The molecule has 2 rings (SSSR count). The van der Waals surface area contributed by atoms with E-state index in [2.05, 4.69) is 15.0 Å². The van der Waals surface area contributed by atoms with E-state index in [1.165, 1.54) is 11.3 Å². The average molecular weight is 311 g/mol. The van der Waals surface area contributed by atoms with Gasteiger partial charge in [0, 0.05) is 23.8 Å². The van der Waals surface area contributed by atoms with Crippen LogP contribution in [0.1, 0.15) is 17.4 Å². The molecule has 0 unspecified atom stereocenters. The largest absolute Gasteiger partial charge is 0.312 e. The lowest BCUT2D eigenvalue weighted by Gasteiger charge is -2.05. The van der Waals surface area contributed by atoms with E-state index in [-0.39, 0.29) is 0 Å². The molecule has 0 radical (unpaired) electrons. The molecule has 0 aliphatic rings. The number of nitrogens with one attached hydrogen (secondary N) is 2. The van der Waals surface area contributed by atoms with Crippen LogP contribution in [0.3, 0.4) is 0 Å². The number of sulfonamides is 1. The Morgan fingerprint density at radius 3 is 2.65 bits per heavy atom. The number of aryl methyl sites for hydroxylation is 1. The Hall–Kier alpha value is -1.44. The van der Waals surface area contributed by atoms with Gasteiger partial charge in [-0.25, -0.2) is 8.42 Å². The predicted molar refractivity (Wildman–Crippen MR) is 81.5 cm³/mol. The number of hydrogen-bond acceptors (Lipinski definition) is 5. The lowest BCUT2D eigenvalue weighted by Crippen LogP contribution is -2.11. The highest BCUT2D eigenvalue weighted by Gasteiger charge is 2.18. The van der Waals surface area contributed by atoms with Gasteiger partial charge < -0.3 is 5.32 Å². The van der Waals surface area contributed by atoms with Crippen LogP contribution >= 0.6 is 11.3 Å². The zero-order valence-corrected chi connectivity index (χ0v) is 13.0. The monoisotopic (exact) mass is 311 g/mol. The molecule has 2 heterocycles. The van der Waals surface area contributed by atoms with Crippen molar-refractivity contribution >= 4 is 27.0 Å². The number of hydrogen-bond donors (Lipinski definition) is 2. The Morgan fingerprint density at radius 2 is 2.00 bits per heavy atom. The van der Waals surface area contributed by atoms with Crippen molar-refractivity contribution in [2.24, 2.45) is 0 Å². The average Bonchev–Trinajstić information content (AvgIpc) is 2.79. The molecule has 0 spiro atoms. The molecule has 2 N–H and O–H groups in total. The number of aromatic nitrogens is 1. The zero-order chi connectivity index (χ0) is 14.6. The molecule has 0 fully saturated rings. The van der Waals surface area contributed by atoms with Crippen LogP contribution < -0.4 is 10.0 Å². The first-order valence-corrected chi connectivity index (χ1v) is 8.56. The molecule has 0 bridgehead atoms. The van der Waals surface area contributed by atoms with E-state index in [0.717, 1.165) is 17.0 Å². The van der Waals surface area contributed by atoms with Gasteiger partial charge in [0.25, 0.3) is 10.0 Å². The molecule has 0 aliphatic carbocycles. The Labute approximate surface area is 123 Å². The van der Waals surface area contributed by atoms with Crippen molar-refractivity contribution in [2.75, 3.05) is 11.3 Å². The molecule has 2 aromatic rings. The van der Waals surface area contributed by atoms with E-state index in [4.69, 9.17) is 0 Å². The normalized spacial score (nSPS) is 11.5. The Kier molecular flexibility index (Phi) is 4.74. The van der Waals surface area contributed by atoms with Crippen molar-refractivity contribution in [2.45, 2.75) is 24.6 Å². The second-order valence-electron chi connectivity index (χ2n) is 4.29. The molecule has 7 heteroatoms. The van der Waals surface area contributed by atoms with Gasteiger partial charge >= 0.3 is 0 Å². The summed E-state index contributed by atoms with van der Waals surface area (Å²) in [5.41, 5.74) is 1.50. The summed E-state index contributed by atoms with van der Waals surface area (Å²) in [6.07, 6.45) is 3.10. The highest BCUT2D eigenvalue weighted by atomic mass is 32.2. The first-order chi connectivity index (χ1) is 9.53. The highest BCUT2D eigenvalue weighted by Crippen LogP contribution is 2.27. The first-order valence-electron chi connectivity index (χ1n) is 6.26. The van der Waals surface area contributed by atoms with Crippen molar-refractivity contribution in [1.82, 2.24) is 10.3 Å². The molecule has 0 saturated heterocycles. The highest BCUT2D eigenvalue weighted by molar-refractivity contribution is 7.94. The third-order valence-electron chi connectivity index (χ3n) is 2.73. The van der Waals surface area contributed by atoms with E-state index < -0.39 is 10.0 Å². The van der Waals surface area contributed by atoms with Crippen LogP contribution in [0.4, 0.5) is 5.69 Å². The maximum absolute atomic E-state index is 12.3. The predicted octanol–water partition coefficient (Wildman–Crippen LogP) is 2.36. The number of pyridine rings is 1. The maximum Gasteiger partial charge on any atom is 0.271 e. The van der Waals surface area contributed by atoms with Crippen molar-refractivity contribution in [3.8, 4) is 0 Å². The summed E-state index contributed by atoms with van der Waals surface area (Å²) in [6, 6.07) is 4.95. The molecule has 0 aliphatic heterocycles. The number of rotatable bonds is 6. The summed E-state index contributed by atoms with van der Waals surface area (Å²) < 4.78 is 27.5. The van der Waals surface area contributed by atoms with Crippen LogP contribution in [0, 0.1) is 6.92 Å². The van der Waals surface area contributed by atoms with Gasteiger partial charge in [0.15, 0.2) is 0 Å². The van der Waals surface area contributed by atoms with Gasteiger partial charge in [0.05, 0.1) is 5.69 Å². The van der Waals surface area contributed by atoms with Crippen LogP contribution in [0.15, 0.2) is 34.8 Å². The fraction of sp³-hybridized carbons (Fsp3) is 0.308. The SMILES string of the molecule is CCNCc1sc(S(=O)(=O)Nc2ccncc2)cc1C. The second-order valence-corrected chi connectivity index (χ2v) is 7.34. The molecule has 20 heavy (non-hydrogen) atoms. The smallest absolute Gasteiger partial charge is 0.271 e. The molecule has 0 saturated carbocycles. The first kappa shape index (κ1) is 15.0. The fourth-order valence-corrected chi connectivity index (χ4v) is 4.28. The van der Waals surface area contributed by atoms with Gasteiger partial charge in [0.2, 0.25) is 0 Å². The molecule has 5 nitrogen and oxygen atoms in total. The standard InChI is InChI=1S/C13H17N3O2S2/c1-3-14-9-12-10(2)8-13(19-12)20(17,18)16-11-4-6-15-7-5-11/h4-8,14H,3,9H2,1-2H3,(H,15,16). The molecule has 0 amide bonds. The van der Waals surface area contributed by atoms with Crippen LogP contribution in [0.5, 0.6) is 0 Å². The van der Waals surface area contributed by atoms with E-state index >= 15 is 0 Å². The van der Waals surface area contributed by atoms with Gasteiger partial charge in [0.1, 0.15) is 4.21 Å². The molecule has 0 atom stereocenters. The fourth-order valence-electron chi connectivity index (χ4n) is 1.66. The number of nitrogens with zero attached hydrogens (tertiary/aromatic N) is 1. The summed E-state index contributed by atoms with van der Waals surface area (Å²) in [7, 11) is -3.53. The summed E-state index contributed by atoms with van der Waals surface area (Å²) in [4.78, 5) is 4.90. The molecule has 108 valence electrons. The number of anilines is 1. The molecule has 0 aromatic carbocycles. The van der Waals surface area contributed by atoms with Gasteiger partial charge in [-0.1, -0.05) is 6.92 Å². The van der Waals surface area contributed by atoms with E-state index in [1.54, 1.807) is 30.6 Å². The third kappa shape index (κ3) is 3.56. The minimum absolute atomic E-state index is 0.333. The van der Waals surface area contributed by atoms with E-state index in [0.29, 0.717) is 16.4 Å². The third-order valence-corrected chi connectivity index (χ3v) is 5.82. The Balaban J connectivity index is 2.21. The zero-order valence-electron chi connectivity index (χ0n) is 11.4. The van der Waals surface area contributed by atoms with Crippen molar-refractivity contribution in [1.29, 1.82) is 0 Å². The van der Waals surface area contributed by atoms with Crippen LogP contribution in [-0.4, -0.2) is 19.9 Å². The quantitative estimate of drug-likeness (QED) is 0.859. The topological polar surface area (TPSA) is 71.1 Å². The number of thiophene rings is 1. The Morgan fingerprint density at radius 1 is 1.30 bits per heavy atom. The maximum atomic E-state index is 12.3. The van der Waals surface area contributed by atoms with Gasteiger partial charge in [-0.2, -0.15) is 0 Å². The molecular formula is C13H17N3O2S2. The molecule has 2 aromatic heterocycles. The lowest BCUT2D eigenvalue weighted by atomic mass is 10.3. The van der Waals surface area contributed by atoms with E-state index in [1.807, 2.05) is 13.8 Å². The van der Waals surface area contributed by atoms with Gasteiger partial charge in [-0.05, 0) is 37.2 Å². The van der Waals surface area contributed by atoms with Gasteiger partial charge in [-0.3, -0.25) is 9.71 Å². The minimum atomic E-state index is -3.53. The van der Waals surface area contributed by atoms with Crippen LogP contribution in [0.2, 0.25) is 0 Å². The van der Waals surface area contributed by atoms with Crippen LogP contribution in [-0.2, 0) is 16.6 Å². The summed E-state index contributed by atoms with van der Waals surface area (Å²) in [5, 5.41) is 3.21. The summed E-state index contributed by atoms with van der Waals surface area (Å²) in [5.74, 6) is 0. The van der Waals surface area contributed by atoms with Crippen LogP contribution in [0.25, 0.3) is 0 Å². The van der Waals surface area contributed by atoms with Crippen molar-refractivity contribution in [3.05, 3.63) is 41.0 Å². The Bertz CT molecular complexity index is 666. The van der Waals surface area contributed by atoms with Gasteiger partial charge in [-0.15, -0.1) is 11.3 Å². The summed E-state index contributed by atoms with van der Waals surface area (Å²) >= 11 is 1.30. The minimum Gasteiger partial charge on any atom is -0.312 e.